The van der Waals surface area contributed by atoms with Crippen molar-refractivity contribution in [1.29, 1.82) is 0 Å². The van der Waals surface area contributed by atoms with Crippen molar-refractivity contribution in [1.82, 2.24) is 0 Å². The van der Waals surface area contributed by atoms with E-state index in [2.05, 4.69) is 27.7 Å². The molecule has 0 rings (SSSR count). The number of rotatable bonds is 50. The Morgan fingerprint density at radius 2 is 0.710 bits per heavy atom. The van der Waals surface area contributed by atoms with Gasteiger partial charge in [0.15, 0.2) is 0 Å². The highest BCUT2D eigenvalue weighted by molar-refractivity contribution is 7.54. The molecule has 0 amide bonds. The van der Waals surface area contributed by atoms with Gasteiger partial charge in [-0.05, 0) is 38.5 Å². The van der Waals surface area contributed by atoms with Gasteiger partial charge in [-0.2, -0.15) is 0 Å². The van der Waals surface area contributed by atoms with Gasteiger partial charge < -0.3 is 29.1 Å². The summed E-state index contributed by atoms with van der Waals surface area (Å²) in [7, 11) is -5.60. The second-order valence-electron chi connectivity index (χ2n) is 18.7. The van der Waals surface area contributed by atoms with Crippen LogP contribution in [0.4, 0.5) is 0 Å². The predicted molar refractivity (Wildman–Crippen MR) is 260 cm³/mol. The van der Waals surface area contributed by atoms with Crippen molar-refractivity contribution in [2.24, 2.45) is 0 Å². The quantitative estimate of drug-likeness (QED) is 0.0309. The highest BCUT2D eigenvalue weighted by atomic mass is 31.2. The van der Waals surface area contributed by atoms with Gasteiger partial charge in [-0.3, -0.25) is 4.57 Å². The number of ether oxygens (including phenoxy) is 3. The van der Waals surface area contributed by atoms with E-state index in [9.17, 15) is 29.0 Å². The Bertz CT molecular complexity index is 1040. The fourth-order valence-corrected chi connectivity index (χ4v) is 9.64. The maximum atomic E-state index is 14.4. The molecule has 0 aliphatic rings. The summed E-state index contributed by atoms with van der Waals surface area (Å²) in [6, 6.07) is 0. The summed E-state index contributed by atoms with van der Waals surface area (Å²) < 4.78 is 31.5. The fourth-order valence-electron chi connectivity index (χ4n) is 8.60. The standard InChI is InChI=1S/C52H103O9P/c1-5-9-13-17-21-25-29-33-37-41-45-48(44-40-36-32-28-24-20-16-12-8-4)61-51(55)52(62(56,57)58,60-47-43-39-35-31-27-23-19-15-11-7-3)49(50(53)54)59-46-42-38-34-30-26-22-18-14-10-6-2/h48-49H,5-47H2,1-4H3,(H,53,54)(H2,56,57,58). The van der Waals surface area contributed by atoms with Crippen LogP contribution in [0.2, 0.25) is 0 Å². The number of aliphatic carboxylic acids is 1. The molecule has 3 unspecified atom stereocenters. The van der Waals surface area contributed by atoms with E-state index < -0.39 is 37.1 Å². The number of carboxylic acids is 1. The first kappa shape index (κ1) is 61.0. The molecule has 0 saturated carbocycles. The third-order valence-electron chi connectivity index (χ3n) is 12.7. The second kappa shape index (κ2) is 43.9. The van der Waals surface area contributed by atoms with E-state index in [1.54, 1.807) is 0 Å². The van der Waals surface area contributed by atoms with Crippen LogP contribution in [0.3, 0.4) is 0 Å². The van der Waals surface area contributed by atoms with E-state index in [1.165, 1.54) is 141 Å². The van der Waals surface area contributed by atoms with E-state index in [-0.39, 0.29) is 13.2 Å². The summed E-state index contributed by atoms with van der Waals surface area (Å²) in [6.45, 7) is 8.65. The van der Waals surface area contributed by atoms with Gasteiger partial charge in [0.1, 0.15) is 6.10 Å². The van der Waals surface area contributed by atoms with Gasteiger partial charge in [-0.1, -0.05) is 252 Å². The Balaban J connectivity index is 5.89. The third-order valence-corrected chi connectivity index (χ3v) is 14.1. The van der Waals surface area contributed by atoms with Crippen molar-refractivity contribution >= 4 is 19.5 Å². The van der Waals surface area contributed by atoms with Gasteiger partial charge in [0.25, 0.3) is 0 Å². The first-order chi connectivity index (χ1) is 30.1. The Hall–Kier alpha value is -0.990. The van der Waals surface area contributed by atoms with Crippen LogP contribution in [-0.4, -0.2) is 57.6 Å². The molecule has 0 saturated heterocycles. The van der Waals surface area contributed by atoms with Gasteiger partial charge in [-0.25, -0.2) is 9.59 Å². The number of hydrogen-bond donors (Lipinski definition) is 3. The summed E-state index contributed by atoms with van der Waals surface area (Å²) in [5.74, 6) is -2.94. The Morgan fingerprint density at radius 3 is 1.00 bits per heavy atom. The van der Waals surface area contributed by atoms with E-state index in [1.807, 2.05) is 0 Å². The lowest BCUT2D eigenvalue weighted by atomic mass is 10.0. The molecular weight excluding hydrogens is 800 g/mol. The number of esters is 1. The molecule has 0 heterocycles. The van der Waals surface area contributed by atoms with E-state index >= 15 is 0 Å². The first-order valence-corrected chi connectivity index (χ1v) is 28.5. The molecule has 9 nitrogen and oxygen atoms in total. The molecule has 0 fully saturated rings. The number of carboxylic acid groups (broad SMARTS) is 1. The molecule has 0 spiro atoms. The van der Waals surface area contributed by atoms with E-state index in [0.717, 1.165) is 96.3 Å². The van der Waals surface area contributed by atoms with Crippen molar-refractivity contribution in [2.45, 2.75) is 308 Å². The number of hydrogen-bond acceptors (Lipinski definition) is 6. The summed E-state index contributed by atoms with van der Waals surface area (Å²) in [6.07, 6.45) is 41.5. The minimum Gasteiger partial charge on any atom is -0.479 e. The molecule has 0 radical (unpaired) electrons. The number of carbonyl (C=O) groups excluding carboxylic acids is 1. The SMILES string of the molecule is CCCCCCCCCCCCOC(C(=O)O)C(OCCCCCCCCCCCC)(C(=O)OC(CCCCCCCCCCC)CCCCCCCCCCCC)P(=O)(O)O. The van der Waals surface area contributed by atoms with Crippen molar-refractivity contribution in [3.8, 4) is 0 Å². The zero-order valence-electron chi connectivity index (χ0n) is 41.3. The highest BCUT2D eigenvalue weighted by Gasteiger charge is 2.66. The smallest absolute Gasteiger partial charge is 0.372 e. The lowest BCUT2D eigenvalue weighted by Crippen LogP contribution is -2.57. The van der Waals surface area contributed by atoms with Crippen LogP contribution < -0.4 is 0 Å². The van der Waals surface area contributed by atoms with E-state index in [0.29, 0.717) is 25.7 Å². The molecule has 0 aromatic carbocycles. The largest absolute Gasteiger partial charge is 0.479 e. The van der Waals surface area contributed by atoms with Crippen molar-refractivity contribution in [3.05, 3.63) is 0 Å². The molecule has 3 N–H and O–H groups in total. The third kappa shape index (κ3) is 32.6. The minimum atomic E-state index is -5.60. The summed E-state index contributed by atoms with van der Waals surface area (Å²) in [5.41, 5.74) is 0. The number of carbonyl (C=O) groups is 2. The maximum Gasteiger partial charge on any atom is 0.372 e. The average Bonchev–Trinajstić information content (AvgIpc) is 3.24. The molecule has 3 atom stereocenters. The monoisotopic (exact) mass is 903 g/mol. The van der Waals surface area contributed by atoms with Crippen LogP contribution in [-0.2, 0) is 28.4 Å². The Morgan fingerprint density at radius 1 is 0.435 bits per heavy atom. The van der Waals surface area contributed by atoms with Crippen LogP contribution in [0.5, 0.6) is 0 Å². The molecular formula is C52H103O9P. The highest BCUT2D eigenvalue weighted by Crippen LogP contribution is 2.55. The van der Waals surface area contributed by atoms with Crippen LogP contribution in [0.15, 0.2) is 0 Å². The summed E-state index contributed by atoms with van der Waals surface area (Å²) in [4.78, 5) is 49.5. The van der Waals surface area contributed by atoms with Crippen molar-refractivity contribution in [3.63, 3.8) is 0 Å². The summed E-state index contributed by atoms with van der Waals surface area (Å²) >= 11 is 0. The van der Waals surface area contributed by atoms with Crippen molar-refractivity contribution < 1.29 is 43.3 Å². The topological polar surface area (TPSA) is 140 Å². The van der Waals surface area contributed by atoms with Crippen LogP contribution in [0.1, 0.15) is 291 Å². The van der Waals surface area contributed by atoms with Gasteiger partial charge >= 0.3 is 24.9 Å². The zero-order valence-corrected chi connectivity index (χ0v) is 42.2. The van der Waals surface area contributed by atoms with Gasteiger partial charge in [0.05, 0.1) is 0 Å². The first-order valence-electron chi connectivity index (χ1n) is 26.9. The van der Waals surface area contributed by atoms with Crippen LogP contribution in [0, 0.1) is 0 Å². The normalized spacial score (nSPS) is 13.9. The molecule has 0 aliphatic carbocycles. The van der Waals surface area contributed by atoms with Crippen LogP contribution in [0.25, 0.3) is 0 Å². The Kier molecular flexibility index (Phi) is 43.2. The fraction of sp³-hybridized carbons (Fsp3) is 0.962. The maximum absolute atomic E-state index is 14.4. The zero-order chi connectivity index (χ0) is 45.8. The molecule has 0 aromatic rings. The predicted octanol–water partition coefficient (Wildman–Crippen LogP) is 16.3. The average molecular weight is 903 g/mol. The summed E-state index contributed by atoms with van der Waals surface area (Å²) in [5, 5.41) is 7.44. The van der Waals surface area contributed by atoms with Gasteiger partial charge in [0.2, 0.25) is 6.10 Å². The van der Waals surface area contributed by atoms with Crippen molar-refractivity contribution in [2.75, 3.05) is 13.2 Å². The molecule has 370 valence electrons. The van der Waals surface area contributed by atoms with E-state index in [4.69, 9.17) is 14.2 Å². The molecule has 0 aliphatic heterocycles. The second-order valence-corrected chi connectivity index (χ2v) is 20.4. The lowest BCUT2D eigenvalue weighted by molar-refractivity contribution is -0.195. The molecule has 0 aromatic heterocycles. The lowest BCUT2D eigenvalue weighted by Gasteiger charge is -2.37. The minimum absolute atomic E-state index is 0.0510. The molecule has 0 bridgehead atoms. The van der Waals surface area contributed by atoms with Crippen LogP contribution >= 0.6 is 7.60 Å². The molecule has 10 heteroatoms. The number of unbranched alkanes of at least 4 members (excludes halogenated alkanes) is 35. The molecule has 62 heavy (non-hydrogen) atoms. The Labute approximate surface area is 383 Å². The van der Waals surface area contributed by atoms with Gasteiger partial charge in [0, 0.05) is 13.2 Å². The van der Waals surface area contributed by atoms with Gasteiger partial charge in [-0.15, -0.1) is 0 Å².